The van der Waals surface area contributed by atoms with Gasteiger partial charge >= 0.3 is 12.0 Å². The van der Waals surface area contributed by atoms with E-state index in [0.717, 1.165) is 0 Å². The maximum absolute atomic E-state index is 12.1. The van der Waals surface area contributed by atoms with E-state index in [1.165, 1.54) is 4.90 Å². The number of aliphatic carboxylic acids is 1. The van der Waals surface area contributed by atoms with E-state index in [0.29, 0.717) is 12.8 Å². The lowest BCUT2D eigenvalue weighted by Gasteiger charge is -2.37. The number of piperidine rings is 1. The number of carboxylic acids is 1. The van der Waals surface area contributed by atoms with Crippen LogP contribution >= 0.6 is 0 Å². The van der Waals surface area contributed by atoms with Crippen LogP contribution in [-0.2, 0) is 9.59 Å². The second kappa shape index (κ2) is 7.09. The van der Waals surface area contributed by atoms with E-state index >= 15 is 0 Å². The maximum atomic E-state index is 12.1. The van der Waals surface area contributed by atoms with E-state index in [-0.39, 0.29) is 25.6 Å². The summed E-state index contributed by atoms with van der Waals surface area (Å²) in [5.74, 6) is -2.07. The Labute approximate surface area is 116 Å². The lowest BCUT2D eigenvalue weighted by Crippen LogP contribution is -2.55. The number of hydrogen-bond acceptors (Lipinski definition) is 4. The fourth-order valence-electron chi connectivity index (χ4n) is 2.24. The van der Waals surface area contributed by atoms with Crippen LogP contribution in [0.5, 0.6) is 0 Å². The molecule has 114 valence electrons. The molecule has 20 heavy (non-hydrogen) atoms. The number of nitrogens with two attached hydrogens (primary N) is 1. The molecule has 0 aromatic heterocycles. The number of carbonyl (C=O) groups excluding carboxylic acids is 2. The number of rotatable bonds is 5. The molecule has 1 heterocycles. The summed E-state index contributed by atoms with van der Waals surface area (Å²) in [5.41, 5.74) is 5.25. The normalized spacial score (nSPS) is 24.0. The van der Waals surface area contributed by atoms with Crippen LogP contribution in [0.15, 0.2) is 0 Å². The number of carboxylic acid groups (broad SMARTS) is 1. The lowest BCUT2D eigenvalue weighted by atomic mass is 9.93. The van der Waals surface area contributed by atoms with Gasteiger partial charge in [-0.3, -0.25) is 4.79 Å². The Balaban J connectivity index is 2.68. The Hall–Kier alpha value is -1.83. The van der Waals surface area contributed by atoms with Crippen molar-refractivity contribution in [3.63, 3.8) is 0 Å². The molecule has 0 aromatic carbocycles. The zero-order valence-electron chi connectivity index (χ0n) is 11.4. The average molecular weight is 287 g/mol. The summed E-state index contributed by atoms with van der Waals surface area (Å²) in [4.78, 5) is 35.6. The number of aliphatic hydroxyl groups is 1. The average Bonchev–Trinajstić information content (AvgIpc) is 2.38. The van der Waals surface area contributed by atoms with E-state index in [1.54, 1.807) is 0 Å². The zero-order valence-corrected chi connectivity index (χ0v) is 11.4. The van der Waals surface area contributed by atoms with Gasteiger partial charge in [0.25, 0.3) is 0 Å². The highest BCUT2D eigenvalue weighted by Crippen LogP contribution is 2.21. The van der Waals surface area contributed by atoms with E-state index in [2.05, 4.69) is 5.32 Å². The molecule has 3 atom stereocenters. The number of nitrogens with zero attached hydrogens (tertiary/aromatic N) is 1. The van der Waals surface area contributed by atoms with E-state index in [1.807, 2.05) is 6.92 Å². The highest BCUT2D eigenvalue weighted by atomic mass is 16.4. The number of hydrogen-bond donors (Lipinski definition) is 4. The van der Waals surface area contributed by atoms with Crippen LogP contribution < -0.4 is 11.1 Å². The molecule has 0 spiro atoms. The summed E-state index contributed by atoms with van der Waals surface area (Å²) < 4.78 is 0. The van der Waals surface area contributed by atoms with Gasteiger partial charge in [-0.05, 0) is 19.8 Å². The Morgan fingerprint density at radius 1 is 1.40 bits per heavy atom. The van der Waals surface area contributed by atoms with Crippen LogP contribution in [0.1, 0.15) is 26.2 Å². The molecular formula is C12H21N3O5. The minimum atomic E-state index is -1.21. The smallest absolute Gasteiger partial charge is 0.326 e. The summed E-state index contributed by atoms with van der Waals surface area (Å²) in [6, 6.07) is -1.79. The molecular weight excluding hydrogens is 266 g/mol. The molecule has 1 fully saturated rings. The van der Waals surface area contributed by atoms with Gasteiger partial charge in [-0.25, -0.2) is 9.59 Å². The zero-order chi connectivity index (χ0) is 15.3. The van der Waals surface area contributed by atoms with Crippen molar-refractivity contribution in [1.82, 2.24) is 10.2 Å². The van der Waals surface area contributed by atoms with E-state index in [9.17, 15) is 14.4 Å². The standard InChI is InChI=1S/C12H21N3O5/c1-7-2-3-8(10(13)17)6-15(7)12(20)14-9(4-5-16)11(18)19/h7-9,16H,2-6H2,1H3,(H2,13,17)(H,14,20)(H,18,19). The lowest BCUT2D eigenvalue weighted by molar-refractivity contribution is -0.139. The highest BCUT2D eigenvalue weighted by molar-refractivity contribution is 5.83. The predicted molar refractivity (Wildman–Crippen MR) is 69.7 cm³/mol. The topological polar surface area (TPSA) is 133 Å². The van der Waals surface area contributed by atoms with Crippen LogP contribution in [0.2, 0.25) is 0 Å². The largest absolute Gasteiger partial charge is 0.480 e. The number of amides is 3. The van der Waals surface area contributed by atoms with Crippen LogP contribution in [0, 0.1) is 5.92 Å². The van der Waals surface area contributed by atoms with Crippen molar-refractivity contribution < 1.29 is 24.6 Å². The highest BCUT2D eigenvalue weighted by Gasteiger charge is 2.33. The molecule has 3 amide bonds. The third-order valence-electron chi connectivity index (χ3n) is 3.56. The fraction of sp³-hybridized carbons (Fsp3) is 0.750. The Kier molecular flexibility index (Phi) is 5.75. The van der Waals surface area contributed by atoms with Crippen LogP contribution in [-0.4, -0.2) is 58.3 Å². The van der Waals surface area contributed by atoms with Crippen molar-refractivity contribution in [2.75, 3.05) is 13.2 Å². The molecule has 1 rings (SSSR count). The third kappa shape index (κ3) is 4.09. The SMILES string of the molecule is CC1CCC(C(N)=O)CN1C(=O)NC(CCO)C(=O)O. The minimum Gasteiger partial charge on any atom is -0.480 e. The van der Waals surface area contributed by atoms with Gasteiger partial charge in [-0.1, -0.05) is 0 Å². The molecule has 5 N–H and O–H groups in total. The molecule has 0 saturated carbocycles. The van der Waals surface area contributed by atoms with Crippen LogP contribution in [0.3, 0.4) is 0 Å². The van der Waals surface area contributed by atoms with Crippen molar-refractivity contribution in [2.45, 2.75) is 38.3 Å². The fourth-order valence-corrected chi connectivity index (χ4v) is 2.24. The van der Waals surface area contributed by atoms with Gasteiger partial charge in [-0.2, -0.15) is 0 Å². The molecule has 0 aromatic rings. The Bertz CT molecular complexity index is 387. The first kappa shape index (κ1) is 16.2. The first-order valence-electron chi connectivity index (χ1n) is 6.57. The van der Waals surface area contributed by atoms with Gasteiger partial charge in [0.1, 0.15) is 6.04 Å². The van der Waals surface area contributed by atoms with Gasteiger partial charge in [0.2, 0.25) is 5.91 Å². The number of carbonyl (C=O) groups is 3. The third-order valence-corrected chi connectivity index (χ3v) is 3.56. The van der Waals surface area contributed by atoms with Gasteiger partial charge in [0.05, 0.1) is 5.92 Å². The molecule has 1 aliphatic rings. The molecule has 0 bridgehead atoms. The molecule has 1 aliphatic heterocycles. The molecule has 1 saturated heterocycles. The van der Waals surface area contributed by atoms with Crippen LogP contribution in [0.4, 0.5) is 4.79 Å². The Morgan fingerprint density at radius 2 is 2.05 bits per heavy atom. The number of aliphatic hydroxyl groups excluding tert-OH is 1. The summed E-state index contributed by atoms with van der Waals surface area (Å²) in [6.45, 7) is 1.68. The van der Waals surface area contributed by atoms with Crippen LogP contribution in [0.25, 0.3) is 0 Å². The van der Waals surface area contributed by atoms with Crippen molar-refractivity contribution in [3.8, 4) is 0 Å². The molecule has 3 unspecified atom stereocenters. The summed E-state index contributed by atoms with van der Waals surface area (Å²) >= 11 is 0. The summed E-state index contributed by atoms with van der Waals surface area (Å²) in [7, 11) is 0. The quantitative estimate of drug-likeness (QED) is 0.521. The Morgan fingerprint density at radius 3 is 2.55 bits per heavy atom. The summed E-state index contributed by atoms with van der Waals surface area (Å²) in [5, 5.41) is 20.1. The number of urea groups is 1. The van der Waals surface area contributed by atoms with Crippen molar-refractivity contribution in [2.24, 2.45) is 11.7 Å². The van der Waals surface area contributed by atoms with Crippen molar-refractivity contribution in [1.29, 1.82) is 0 Å². The van der Waals surface area contributed by atoms with Gasteiger partial charge < -0.3 is 26.2 Å². The number of likely N-dealkylation sites (tertiary alicyclic amines) is 1. The number of nitrogens with one attached hydrogen (secondary N) is 1. The van der Waals surface area contributed by atoms with Gasteiger partial charge in [0.15, 0.2) is 0 Å². The summed E-state index contributed by atoms with van der Waals surface area (Å²) in [6.07, 6.45) is 1.20. The van der Waals surface area contributed by atoms with E-state index in [4.69, 9.17) is 15.9 Å². The van der Waals surface area contributed by atoms with Gasteiger partial charge in [0, 0.05) is 25.6 Å². The van der Waals surface area contributed by atoms with Crippen molar-refractivity contribution >= 4 is 17.9 Å². The van der Waals surface area contributed by atoms with Gasteiger partial charge in [-0.15, -0.1) is 0 Å². The first-order valence-corrected chi connectivity index (χ1v) is 6.57. The monoisotopic (exact) mass is 287 g/mol. The van der Waals surface area contributed by atoms with E-state index < -0.39 is 29.9 Å². The second-order valence-corrected chi connectivity index (χ2v) is 5.03. The molecule has 0 radical (unpaired) electrons. The molecule has 8 nitrogen and oxygen atoms in total. The maximum Gasteiger partial charge on any atom is 0.326 e. The van der Waals surface area contributed by atoms with Crippen molar-refractivity contribution in [3.05, 3.63) is 0 Å². The number of primary amides is 1. The predicted octanol–water partition coefficient (Wildman–Crippen LogP) is -0.883. The minimum absolute atomic E-state index is 0.0669. The first-order chi connectivity index (χ1) is 9.36. The molecule has 0 aliphatic carbocycles. The second-order valence-electron chi connectivity index (χ2n) is 5.03. The molecule has 8 heteroatoms.